The Labute approximate surface area is 101 Å². The fraction of sp³-hybridized carbons (Fsp3) is 0.750. The monoisotopic (exact) mass is 241 g/mol. The molecule has 0 saturated carbocycles. The molecular formula is C12H19NO4. The zero-order chi connectivity index (χ0) is 13.1. The van der Waals surface area contributed by atoms with E-state index in [-0.39, 0.29) is 17.6 Å². The van der Waals surface area contributed by atoms with Crippen LogP contribution in [0, 0.1) is 5.41 Å². The van der Waals surface area contributed by atoms with Gasteiger partial charge in [0.25, 0.3) is 0 Å². The van der Waals surface area contributed by atoms with Gasteiger partial charge in [-0.2, -0.15) is 0 Å². The van der Waals surface area contributed by atoms with Gasteiger partial charge < -0.3 is 10.1 Å². The minimum Gasteiger partial charge on any atom is -0.375 e. The maximum atomic E-state index is 11.6. The normalized spacial score (nSPS) is 20.1. The predicted molar refractivity (Wildman–Crippen MR) is 61.3 cm³/mol. The van der Waals surface area contributed by atoms with E-state index in [4.69, 9.17) is 0 Å². The maximum absolute atomic E-state index is 11.6. The lowest BCUT2D eigenvalue weighted by Crippen LogP contribution is -2.31. The topological polar surface area (TPSA) is 72.5 Å². The number of esters is 1. The Bertz CT molecular complexity index is 330. The summed E-state index contributed by atoms with van der Waals surface area (Å²) in [5.74, 6) is -0.669. The van der Waals surface area contributed by atoms with Gasteiger partial charge in [-0.05, 0) is 18.3 Å². The van der Waals surface area contributed by atoms with E-state index in [0.717, 1.165) is 12.8 Å². The van der Waals surface area contributed by atoms with Crippen LogP contribution in [0.1, 0.15) is 46.5 Å². The zero-order valence-corrected chi connectivity index (χ0v) is 10.5. The molecule has 1 aliphatic heterocycles. The molecule has 0 aliphatic carbocycles. The number of nitrogens with one attached hydrogen (secondary N) is 1. The number of ketones is 1. The molecule has 1 rings (SSSR count). The third-order valence-corrected chi connectivity index (χ3v) is 2.58. The van der Waals surface area contributed by atoms with Gasteiger partial charge in [0.1, 0.15) is 11.8 Å². The first-order valence-electron chi connectivity index (χ1n) is 5.82. The van der Waals surface area contributed by atoms with Crippen molar-refractivity contribution >= 4 is 17.8 Å². The van der Waals surface area contributed by atoms with Crippen molar-refractivity contribution < 1.29 is 19.1 Å². The Hall–Kier alpha value is -1.39. The molecule has 1 N–H and O–H groups in total. The first kappa shape index (κ1) is 13.7. The molecule has 1 aliphatic rings. The van der Waals surface area contributed by atoms with E-state index >= 15 is 0 Å². The fourth-order valence-corrected chi connectivity index (χ4v) is 1.67. The molecule has 0 aromatic heterocycles. The molecule has 1 heterocycles. The third kappa shape index (κ3) is 4.97. The van der Waals surface area contributed by atoms with E-state index in [0.29, 0.717) is 6.42 Å². The Kier molecular flexibility index (Phi) is 4.26. The molecule has 1 fully saturated rings. The van der Waals surface area contributed by atoms with Crippen LogP contribution in [0.4, 0.5) is 4.79 Å². The summed E-state index contributed by atoms with van der Waals surface area (Å²) in [5, 5.41) is 2.31. The molecule has 0 radical (unpaired) electrons. The summed E-state index contributed by atoms with van der Waals surface area (Å²) in [7, 11) is 0. The molecule has 0 aromatic rings. The average molecular weight is 241 g/mol. The van der Waals surface area contributed by atoms with Crippen LogP contribution in [0.3, 0.4) is 0 Å². The average Bonchev–Trinajstić information content (AvgIpc) is 2.42. The molecular weight excluding hydrogens is 222 g/mol. The zero-order valence-electron chi connectivity index (χ0n) is 10.5. The standard InChI is InChI=1S/C12H19NO4/c1-12(2,3)6-4-5-8(14)7-9-10(15)17-11(16)13-9/h9H,4-7H2,1-3H3,(H,13,16)/t9-/m0/s1. The van der Waals surface area contributed by atoms with Crippen molar-refractivity contribution in [1.29, 1.82) is 0 Å². The van der Waals surface area contributed by atoms with Crippen LogP contribution in [-0.4, -0.2) is 23.9 Å². The molecule has 5 heteroatoms. The fourth-order valence-electron chi connectivity index (χ4n) is 1.67. The van der Waals surface area contributed by atoms with Crippen LogP contribution in [0.5, 0.6) is 0 Å². The molecule has 1 amide bonds. The van der Waals surface area contributed by atoms with Crippen molar-refractivity contribution in [3.8, 4) is 0 Å². The van der Waals surface area contributed by atoms with Crippen LogP contribution < -0.4 is 5.32 Å². The first-order chi connectivity index (χ1) is 7.78. The van der Waals surface area contributed by atoms with E-state index in [1.165, 1.54) is 0 Å². The van der Waals surface area contributed by atoms with Crippen LogP contribution in [-0.2, 0) is 14.3 Å². The lowest BCUT2D eigenvalue weighted by molar-refractivity contribution is -0.137. The molecule has 17 heavy (non-hydrogen) atoms. The van der Waals surface area contributed by atoms with Crippen LogP contribution in [0.25, 0.3) is 0 Å². The highest BCUT2D eigenvalue weighted by molar-refractivity contribution is 5.98. The molecule has 0 bridgehead atoms. The van der Waals surface area contributed by atoms with Crippen LogP contribution in [0.2, 0.25) is 0 Å². The number of alkyl carbamates (subject to hydrolysis) is 1. The van der Waals surface area contributed by atoms with Crippen molar-refractivity contribution in [2.75, 3.05) is 0 Å². The summed E-state index contributed by atoms with van der Waals surface area (Å²) in [6, 6.07) is -0.787. The van der Waals surface area contributed by atoms with Crippen molar-refractivity contribution in [3.05, 3.63) is 0 Å². The minimum absolute atomic E-state index is 0.0154. The highest BCUT2D eigenvalue weighted by Crippen LogP contribution is 2.22. The third-order valence-electron chi connectivity index (χ3n) is 2.58. The summed E-state index contributed by atoms with van der Waals surface area (Å²) in [5.41, 5.74) is 0.209. The molecule has 0 aromatic carbocycles. The highest BCUT2D eigenvalue weighted by Gasteiger charge is 2.33. The van der Waals surface area contributed by atoms with Crippen molar-refractivity contribution in [3.63, 3.8) is 0 Å². The largest absolute Gasteiger partial charge is 0.415 e. The lowest BCUT2D eigenvalue weighted by Gasteiger charge is -2.17. The smallest absolute Gasteiger partial charge is 0.375 e. The number of amides is 1. The number of ether oxygens (including phenoxy) is 1. The molecule has 1 saturated heterocycles. The number of carbonyl (C=O) groups is 3. The van der Waals surface area contributed by atoms with Gasteiger partial charge >= 0.3 is 12.1 Å². The summed E-state index contributed by atoms with van der Waals surface area (Å²) < 4.78 is 4.29. The maximum Gasteiger partial charge on any atom is 0.415 e. The molecule has 96 valence electrons. The second-order valence-corrected chi connectivity index (χ2v) is 5.56. The molecule has 5 nitrogen and oxygen atoms in total. The van der Waals surface area contributed by atoms with Gasteiger partial charge in [-0.25, -0.2) is 9.59 Å². The molecule has 0 unspecified atom stereocenters. The van der Waals surface area contributed by atoms with E-state index in [1.54, 1.807) is 0 Å². The highest BCUT2D eigenvalue weighted by atomic mass is 16.6. The Morgan fingerprint density at radius 3 is 2.47 bits per heavy atom. The SMILES string of the molecule is CC(C)(C)CCCC(=O)C[C@@H]1NC(=O)OC1=O. The number of rotatable bonds is 5. The summed E-state index contributed by atoms with van der Waals surface area (Å²) >= 11 is 0. The van der Waals surface area contributed by atoms with Crippen LogP contribution in [0.15, 0.2) is 0 Å². The summed E-state index contributed by atoms with van der Waals surface area (Å²) in [6.45, 7) is 6.35. The van der Waals surface area contributed by atoms with Crippen molar-refractivity contribution in [1.82, 2.24) is 5.32 Å². The number of carbonyl (C=O) groups excluding carboxylic acids is 3. The predicted octanol–water partition coefficient (Wildman–Crippen LogP) is 1.80. The van der Waals surface area contributed by atoms with E-state index in [9.17, 15) is 14.4 Å². The number of hydrogen-bond donors (Lipinski definition) is 1. The summed E-state index contributed by atoms with van der Waals surface area (Å²) in [6.07, 6.45) is 1.48. The van der Waals surface area contributed by atoms with Gasteiger partial charge in [-0.1, -0.05) is 20.8 Å². The van der Waals surface area contributed by atoms with Gasteiger partial charge in [-0.3, -0.25) is 4.79 Å². The van der Waals surface area contributed by atoms with Gasteiger partial charge in [0.2, 0.25) is 0 Å². The molecule has 1 atom stereocenters. The lowest BCUT2D eigenvalue weighted by atomic mass is 9.89. The quantitative estimate of drug-likeness (QED) is 0.588. The van der Waals surface area contributed by atoms with E-state index < -0.39 is 18.1 Å². The Balaban J connectivity index is 2.26. The van der Waals surface area contributed by atoms with E-state index in [2.05, 4.69) is 30.8 Å². The van der Waals surface area contributed by atoms with Crippen LogP contribution >= 0.6 is 0 Å². The van der Waals surface area contributed by atoms with Gasteiger partial charge in [-0.15, -0.1) is 0 Å². The Morgan fingerprint density at radius 2 is 2.00 bits per heavy atom. The van der Waals surface area contributed by atoms with Crippen molar-refractivity contribution in [2.24, 2.45) is 5.41 Å². The number of Topliss-reactive ketones (excluding diaryl/α,β-unsaturated/α-hetero) is 1. The van der Waals surface area contributed by atoms with Crippen molar-refractivity contribution in [2.45, 2.75) is 52.5 Å². The number of cyclic esters (lactones) is 2. The van der Waals surface area contributed by atoms with Gasteiger partial charge in [0.15, 0.2) is 0 Å². The van der Waals surface area contributed by atoms with Gasteiger partial charge in [0.05, 0.1) is 0 Å². The molecule has 0 spiro atoms. The second kappa shape index (κ2) is 5.29. The second-order valence-electron chi connectivity index (χ2n) is 5.56. The Morgan fingerprint density at radius 1 is 1.35 bits per heavy atom. The minimum atomic E-state index is -0.787. The number of hydrogen-bond acceptors (Lipinski definition) is 4. The summed E-state index contributed by atoms with van der Waals surface area (Å²) in [4.78, 5) is 33.4. The van der Waals surface area contributed by atoms with E-state index in [1.807, 2.05) is 0 Å². The first-order valence-corrected chi connectivity index (χ1v) is 5.82. The van der Waals surface area contributed by atoms with Gasteiger partial charge in [0, 0.05) is 12.8 Å².